The second kappa shape index (κ2) is 3.35. The minimum Gasteiger partial charge on any atom is -0.497 e. The molecule has 0 bridgehead atoms. The van der Waals surface area contributed by atoms with Gasteiger partial charge in [0.05, 0.1) is 7.11 Å². The lowest BCUT2D eigenvalue weighted by atomic mass is 10.1. The van der Waals surface area contributed by atoms with Gasteiger partial charge in [-0.15, -0.1) is 9.24 Å². The standard InChI is InChI=1S/C11H11OP/c1-12-10-4-2-9-7-11(13)5-3-8(9)6-10/h2-7H,13H2,1H3. The van der Waals surface area contributed by atoms with E-state index in [0.29, 0.717) is 0 Å². The maximum atomic E-state index is 5.15. The predicted octanol–water partition coefficient (Wildman–Crippen LogP) is 2.35. The number of methoxy groups -OCH3 is 1. The molecule has 0 amide bonds. The lowest BCUT2D eigenvalue weighted by Crippen LogP contribution is -1.88. The molecule has 0 aliphatic carbocycles. The van der Waals surface area contributed by atoms with Gasteiger partial charge in [0.15, 0.2) is 0 Å². The summed E-state index contributed by atoms with van der Waals surface area (Å²) in [6, 6.07) is 12.4. The van der Waals surface area contributed by atoms with Crippen LogP contribution in [0.4, 0.5) is 0 Å². The molecule has 2 rings (SSSR count). The van der Waals surface area contributed by atoms with Crippen LogP contribution in [0.15, 0.2) is 36.4 Å². The van der Waals surface area contributed by atoms with Gasteiger partial charge < -0.3 is 4.74 Å². The molecule has 1 unspecified atom stereocenters. The van der Waals surface area contributed by atoms with Crippen LogP contribution in [0.1, 0.15) is 0 Å². The zero-order valence-electron chi connectivity index (χ0n) is 7.45. The van der Waals surface area contributed by atoms with Crippen LogP contribution in [0.5, 0.6) is 5.75 Å². The van der Waals surface area contributed by atoms with Crippen molar-refractivity contribution in [2.24, 2.45) is 0 Å². The SMILES string of the molecule is COc1ccc2cc(P)ccc2c1. The van der Waals surface area contributed by atoms with Crippen LogP contribution < -0.4 is 10.0 Å². The first kappa shape index (κ1) is 8.52. The van der Waals surface area contributed by atoms with Crippen LogP contribution in [0, 0.1) is 0 Å². The predicted molar refractivity (Wildman–Crippen MR) is 59.8 cm³/mol. The molecule has 66 valence electrons. The Bertz CT molecular complexity index is 437. The molecule has 0 saturated carbocycles. The average molecular weight is 190 g/mol. The Labute approximate surface area is 79.9 Å². The molecule has 0 aromatic heterocycles. The third-order valence-corrected chi connectivity index (χ3v) is 2.43. The Morgan fingerprint density at radius 2 is 1.69 bits per heavy atom. The summed E-state index contributed by atoms with van der Waals surface area (Å²) >= 11 is 0. The van der Waals surface area contributed by atoms with Gasteiger partial charge in [-0.2, -0.15) is 0 Å². The van der Waals surface area contributed by atoms with Crippen LogP contribution in [0.25, 0.3) is 10.8 Å². The van der Waals surface area contributed by atoms with E-state index in [1.54, 1.807) is 7.11 Å². The topological polar surface area (TPSA) is 9.23 Å². The van der Waals surface area contributed by atoms with Crippen LogP contribution in [-0.2, 0) is 0 Å². The van der Waals surface area contributed by atoms with Crippen molar-refractivity contribution in [1.82, 2.24) is 0 Å². The summed E-state index contributed by atoms with van der Waals surface area (Å²) in [7, 11) is 4.38. The van der Waals surface area contributed by atoms with E-state index in [9.17, 15) is 0 Å². The fraction of sp³-hybridized carbons (Fsp3) is 0.0909. The van der Waals surface area contributed by atoms with Gasteiger partial charge >= 0.3 is 0 Å². The van der Waals surface area contributed by atoms with Crippen LogP contribution in [-0.4, -0.2) is 7.11 Å². The smallest absolute Gasteiger partial charge is 0.119 e. The van der Waals surface area contributed by atoms with Crippen molar-refractivity contribution in [3.05, 3.63) is 36.4 Å². The first-order valence-electron chi connectivity index (χ1n) is 4.13. The van der Waals surface area contributed by atoms with Crippen molar-refractivity contribution < 1.29 is 4.74 Å². The number of benzene rings is 2. The van der Waals surface area contributed by atoms with Crippen LogP contribution in [0.3, 0.4) is 0 Å². The first-order valence-corrected chi connectivity index (χ1v) is 4.70. The normalized spacial score (nSPS) is 10.3. The Balaban J connectivity index is 2.66. The minimum atomic E-state index is 0.906. The quantitative estimate of drug-likeness (QED) is 0.627. The zero-order valence-corrected chi connectivity index (χ0v) is 8.60. The molecule has 0 radical (unpaired) electrons. The van der Waals surface area contributed by atoms with E-state index in [2.05, 4.69) is 33.5 Å². The molecule has 1 nitrogen and oxygen atoms in total. The molecule has 0 heterocycles. The number of ether oxygens (including phenoxy) is 1. The molecular weight excluding hydrogens is 179 g/mol. The molecule has 0 saturated heterocycles. The van der Waals surface area contributed by atoms with Gasteiger partial charge in [0.1, 0.15) is 5.75 Å². The largest absolute Gasteiger partial charge is 0.497 e. The highest BCUT2D eigenvalue weighted by molar-refractivity contribution is 7.27. The summed E-state index contributed by atoms with van der Waals surface area (Å²) in [6.07, 6.45) is 0. The summed E-state index contributed by atoms with van der Waals surface area (Å²) in [5, 5.41) is 3.66. The van der Waals surface area contributed by atoms with Gasteiger partial charge in [0.2, 0.25) is 0 Å². The van der Waals surface area contributed by atoms with Gasteiger partial charge in [0, 0.05) is 0 Å². The third-order valence-electron chi connectivity index (χ3n) is 2.07. The summed E-state index contributed by atoms with van der Waals surface area (Å²) in [4.78, 5) is 0. The number of fused-ring (bicyclic) bond motifs is 1. The fourth-order valence-corrected chi connectivity index (χ4v) is 1.65. The average Bonchev–Trinajstić information content (AvgIpc) is 2.17. The summed E-state index contributed by atoms with van der Waals surface area (Å²) in [5.74, 6) is 0.906. The molecule has 0 spiro atoms. The third kappa shape index (κ3) is 1.66. The van der Waals surface area contributed by atoms with Gasteiger partial charge in [-0.25, -0.2) is 0 Å². The van der Waals surface area contributed by atoms with Crippen LogP contribution >= 0.6 is 9.24 Å². The lowest BCUT2D eigenvalue weighted by Gasteiger charge is -2.02. The molecule has 2 aromatic rings. The van der Waals surface area contributed by atoms with Crippen molar-refractivity contribution in [2.75, 3.05) is 7.11 Å². The molecule has 0 aliphatic heterocycles. The van der Waals surface area contributed by atoms with E-state index >= 15 is 0 Å². The van der Waals surface area contributed by atoms with Gasteiger partial charge in [0.25, 0.3) is 0 Å². The molecule has 13 heavy (non-hydrogen) atoms. The number of hydrogen-bond acceptors (Lipinski definition) is 1. The van der Waals surface area contributed by atoms with Gasteiger partial charge in [-0.1, -0.05) is 18.2 Å². The fourth-order valence-electron chi connectivity index (χ4n) is 1.37. The molecule has 0 N–H and O–H groups in total. The summed E-state index contributed by atoms with van der Waals surface area (Å²) in [6.45, 7) is 0. The monoisotopic (exact) mass is 190 g/mol. The van der Waals surface area contributed by atoms with Crippen molar-refractivity contribution in [3.63, 3.8) is 0 Å². The summed E-state index contributed by atoms with van der Waals surface area (Å²) in [5.41, 5.74) is 0. The molecule has 0 fully saturated rings. The Kier molecular flexibility index (Phi) is 2.20. The highest BCUT2D eigenvalue weighted by Crippen LogP contribution is 2.19. The molecule has 2 aromatic carbocycles. The van der Waals surface area contributed by atoms with Crippen LogP contribution in [0.2, 0.25) is 0 Å². The van der Waals surface area contributed by atoms with E-state index in [1.165, 1.54) is 16.1 Å². The highest BCUT2D eigenvalue weighted by Gasteiger charge is 1.95. The van der Waals surface area contributed by atoms with E-state index in [0.717, 1.165) is 5.75 Å². The maximum absolute atomic E-state index is 5.15. The van der Waals surface area contributed by atoms with E-state index in [4.69, 9.17) is 4.74 Å². The Morgan fingerprint density at radius 3 is 2.46 bits per heavy atom. The highest BCUT2D eigenvalue weighted by atomic mass is 31.0. The zero-order chi connectivity index (χ0) is 9.26. The van der Waals surface area contributed by atoms with E-state index in [1.807, 2.05) is 12.1 Å². The minimum absolute atomic E-state index is 0.906. The Hall–Kier alpha value is -1.07. The van der Waals surface area contributed by atoms with E-state index < -0.39 is 0 Å². The second-order valence-corrected chi connectivity index (χ2v) is 3.64. The first-order chi connectivity index (χ1) is 6.29. The molecular formula is C11H11OP. The second-order valence-electron chi connectivity index (χ2n) is 2.97. The van der Waals surface area contributed by atoms with Gasteiger partial charge in [-0.05, 0) is 34.3 Å². The number of rotatable bonds is 1. The molecule has 2 heteroatoms. The molecule has 0 aliphatic rings. The van der Waals surface area contributed by atoms with Crippen molar-refractivity contribution in [3.8, 4) is 5.75 Å². The Morgan fingerprint density at radius 1 is 1.00 bits per heavy atom. The number of hydrogen-bond donors (Lipinski definition) is 0. The van der Waals surface area contributed by atoms with Crippen molar-refractivity contribution >= 4 is 25.3 Å². The maximum Gasteiger partial charge on any atom is 0.119 e. The molecule has 1 atom stereocenters. The van der Waals surface area contributed by atoms with Crippen molar-refractivity contribution in [1.29, 1.82) is 0 Å². The summed E-state index contributed by atoms with van der Waals surface area (Å²) < 4.78 is 5.15. The van der Waals surface area contributed by atoms with Crippen molar-refractivity contribution in [2.45, 2.75) is 0 Å². The van der Waals surface area contributed by atoms with E-state index in [-0.39, 0.29) is 0 Å². The lowest BCUT2D eigenvalue weighted by molar-refractivity contribution is 0.415. The van der Waals surface area contributed by atoms with Gasteiger partial charge in [-0.3, -0.25) is 0 Å².